The molecule has 0 aliphatic carbocycles. The van der Waals surface area contributed by atoms with Gasteiger partial charge < -0.3 is 19.9 Å². The molecule has 2 heterocycles. The molecule has 2 N–H and O–H groups in total. The van der Waals surface area contributed by atoms with Gasteiger partial charge in [0.05, 0.1) is 24.4 Å². The predicted molar refractivity (Wildman–Crippen MR) is 70.6 cm³/mol. The van der Waals surface area contributed by atoms with E-state index in [-0.39, 0.29) is 0 Å². The molecule has 3 rings (SSSR count). The zero-order chi connectivity index (χ0) is 13.4. The predicted octanol–water partition coefficient (Wildman–Crippen LogP) is 1.45. The van der Waals surface area contributed by atoms with Crippen LogP contribution in [0, 0.1) is 0 Å². The summed E-state index contributed by atoms with van der Waals surface area (Å²) in [7, 11) is 3.40. The molecule has 6 heteroatoms. The average molecular weight is 261 g/mol. The Kier molecular flexibility index (Phi) is 2.70. The number of benzene rings is 1. The average Bonchev–Trinajstić information content (AvgIpc) is 2.77. The summed E-state index contributed by atoms with van der Waals surface area (Å²) in [4.78, 5) is 0. The second-order valence-corrected chi connectivity index (χ2v) is 4.23. The van der Waals surface area contributed by atoms with Crippen molar-refractivity contribution in [2.24, 2.45) is 7.05 Å². The molecule has 0 atom stereocenters. The smallest absolute Gasteiger partial charge is 0.173 e. The third-order valence-corrected chi connectivity index (χ3v) is 3.14. The number of fused-ring (bicyclic) bond motifs is 1. The summed E-state index contributed by atoms with van der Waals surface area (Å²) < 4.78 is 18.3. The molecule has 6 nitrogen and oxygen atoms in total. The van der Waals surface area contributed by atoms with E-state index < -0.39 is 0 Å². The van der Waals surface area contributed by atoms with Crippen molar-refractivity contribution < 1.29 is 14.2 Å². The highest BCUT2D eigenvalue weighted by atomic mass is 16.6. The summed E-state index contributed by atoms with van der Waals surface area (Å²) in [5, 5.41) is 4.16. The second-order valence-electron chi connectivity index (χ2n) is 4.23. The number of ether oxygens (including phenoxy) is 3. The highest BCUT2D eigenvalue weighted by Crippen LogP contribution is 2.47. The first-order chi connectivity index (χ1) is 9.22. The number of rotatable bonds is 2. The van der Waals surface area contributed by atoms with Crippen molar-refractivity contribution in [3.05, 3.63) is 18.3 Å². The minimum absolute atomic E-state index is 0.507. The number of anilines is 1. The van der Waals surface area contributed by atoms with Gasteiger partial charge in [-0.25, -0.2) is 0 Å². The van der Waals surface area contributed by atoms with Crippen LogP contribution in [0.4, 0.5) is 5.82 Å². The van der Waals surface area contributed by atoms with Gasteiger partial charge in [-0.3, -0.25) is 4.68 Å². The molecule has 19 heavy (non-hydrogen) atoms. The Morgan fingerprint density at radius 1 is 1.32 bits per heavy atom. The maximum atomic E-state index is 6.04. The van der Waals surface area contributed by atoms with E-state index in [1.54, 1.807) is 25.0 Å². The lowest BCUT2D eigenvalue weighted by atomic mass is 10.0. The van der Waals surface area contributed by atoms with Crippen LogP contribution in [0.15, 0.2) is 18.3 Å². The van der Waals surface area contributed by atoms with Gasteiger partial charge in [-0.05, 0) is 12.1 Å². The van der Waals surface area contributed by atoms with Gasteiger partial charge in [0, 0.05) is 7.05 Å². The molecule has 100 valence electrons. The van der Waals surface area contributed by atoms with Gasteiger partial charge in [0.1, 0.15) is 24.8 Å². The largest absolute Gasteiger partial charge is 0.496 e. The molecule has 0 bridgehead atoms. The maximum Gasteiger partial charge on any atom is 0.173 e. The van der Waals surface area contributed by atoms with E-state index in [1.807, 2.05) is 12.1 Å². The molecule has 1 aromatic carbocycles. The van der Waals surface area contributed by atoms with Crippen molar-refractivity contribution in [2.45, 2.75) is 0 Å². The number of nitrogen functional groups attached to an aromatic ring is 1. The van der Waals surface area contributed by atoms with Crippen molar-refractivity contribution in [1.82, 2.24) is 9.78 Å². The first-order valence-electron chi connectivity index (χ1n) is 5.97. The van der Waals surface area contributed by atoms with Crippen molar-refractivity contribution in [1.29, 1.82) is 0 Å². The van der Waals surface area contributed by atoms with E-state index in [2.05, 4.69) is 5.10 Å². The fraction of sp³-hybridized carbons (Fsp3) is 0.308. The Bertz CT molecular complexity index is 622. The maximum absolute atomic E-state index is 6.04. The summed E-state index contributed by atoms with van der Waals surface area (Å²) in [5.41, 5.74) is 7.60. The standard InChI is InChI=1S/C13H15N3O3/c1-16-13(14)8(7-15-16)11-9(17-2)3-4-10-12(11)19-6-5-18-10/h3-4,7H,5-6,14H2,1-2H3. The van der Waals surface area contributed by atoms with Gasteiger partial charge in [-0.1, -0.05) is 0 Å². The molecule has 0 spiro atoms. The van der Waals surface area contributed by atoms with Crippen LogP contribution in [0.25, 0.3) is 11.1 Å². The number of methoxy groups -OCH3 is 1. The number of nitrogens with zero attached hydrogens (tertiary/aromatic N) is 2. The molecule has 0 amide bonds. The van der Waals surface area contributed by atoms with E-state index in [1.165, 1.54) is 0 Å². The molecular weight excluding hydrogens is 246 g/mol. The monoisotopic (exact) mass is 261 g/mol. The van der Waals surface area contributed by atoms with Crippen molar-refractivity contribution in [3.63, 3.8) is 0 Å². The highest BCUT2D eigenvalue weighted by Gasteiger charge is 2.24. The Balaban J connectivity index is 2.26. The SMILES string of the molecule is COc1ccc2c(c1-c1cnn(C)c1N)OCCO2. The van der Waals surface area contributed by atoms with E-state index in [4.69, 9.17) is 19.9 Å². The van der Waals surface area contributed by atoms with Crippen LogP contribution < -0.4 is 19.9 Å². The van der Waals surface area contributed by atoms with Crippen LogP contribution in [-0.4, -0.2) is 30.1 Å². The number of hydrogen-bond donors (Lipinski definition) is 1. The highest BCUT2D eigenvalue weighted by molar-refractivity contribution is 5.85. The summed E-state index contributed by atoms with van der Waals surface area (Å²) in [6.07, 6.45) is 1.70. The van der Waals surface area contributed by atoms with Crippen molar-refractivity contribution in [2.75, 3.05) is 26.1 Å². The number of aryl methyl sites for hydroxylation is 1. The van der Waals surface area contributed by atoms with Crippen LogP contribution in [0.1, 0.15) is 0 Å². The van der Waals surface area contributed by atoms with Crippen LogP contribution in [-0.2, 0) is 7.05 Å². The lowest BCUT2D eigenvalue weighted by molar-refractivity contribution is 0.171. The van der Waals surface area contributed by atoms with Gasteiger partial charge in [0.2, 0.25) is 0 Å². The number of hydrogen-bond acceptors (Lipinski definition) is 5. The third kappa shape index (κ3) is 1.76. The molecular formula is C13H15N3O3. The van der Waals surface area contributed by atoms with E-state index in [9.17, 15) is 0 Å². The first-order valence-corrected chi connectivity index (χ1v) is 5.97. The summed E-state index contributed by atoms with van der Waals surface area (Å²) in [5.74, 6) is 2.60. The fourth-order valence-electron chi connectivity index (χ4n) is 2.16. The van der Waals surface area contributed by atoms with E-state index in [0.29, 0.717) is 36.3 Å². The third-order valence-electron chi connectivity index (χ3n) is 3.14. The normalized spacial score (nSPS) is 13.4. The van der Waals surface area contributed by atoms with E-state index >= 15 is 0 Å². The van der Waals surface area contributed by atoms with Gasteiger partial charge in [-0.15, -0.1) is 0 Å². The topological polar surface area (TPSA) is 71.5 Å². The van der Waals surface area contributed by atoms with Crippen LogP contribution in [0.2, 0.25) is 0 Å². The summed E-state index contributed by atoms with van der Waals surface area (Å²) >= 11 is 0. The lowest BCUT2D eigenvalue weighted by Crippen LogP contribution is -2.16. The molecule has 1 aliphatic rings. The Morgan fingerprint density at radius 2 is 2.11 bits per heavy atom. The molecule has 0 saturated heterocycles. The molecule has 0 radical (unpaired) electrons. The number of nitrogens with two attached hydrogens (primary N) is 1. The van der Waals surface area contributed by atoms with Crippen LogP contribution in [0.3, 0.4) is 0 Å². The molecule has 0 saturated carbocycles. The Morgan fingerprint density at radius 3 is 2.79 bits per heavy atom. The van der Waals surface area contributed by atoms with E-state index in [0.717, 1.165) is 11.1 Å². The first kappa shape index (κ1) is 11.7. The zero-order valence-corrected chi connectivity index (χ0v) is 10.8. The van der Waals surface area contributed by atoms with Gasteiger partial charge in [0.15, 0.2) is 11.5 Å². The molecule has 0 unspecified atom stereocenters. The molecule has 2 aromatic rings. The molecule has 1 aromatic heterocycles. The quantitative estimate of drug-likeness (QED) is 0.885. The van der Waals surface area contributed by atoms with Crippen molar-refractivity contribution in [3.8, 4) is 28.4 Å². The van der Waals surface area contributed by atoms with Crippen molar-refractivity contribution >= 4 is 5.82 Å². The lowest BCUT2D eigenvalue weighted by Gasteiger charge is -2.22. The van der Waals surface area contributed by atoms with Crippen LogP contribution >= 0.6 is 0 Å². The van der Waals surface area contributed by atoms with Gasteiger partial charge in [-0.2, -0.15) is 5.10 Å². The number of aromatic nitrogens is 2. The van der Waals surface area contributed by atoms with Crippen LogP contribution in [0.5, 0.6) is 17.2 Å². The summed E-state index contributed by atoms with van der Waals surface area (Å²) in [6.45, 7) is 1.05. The minimum Gasteiger partial charge on any atom is -0.496 e. The Hall–Kier alpha value is -2.37. The zero-order valence-electron chi connectivity index (χ0n) is 10.8. The van der Waals surface area contributed by atoms with Gasteiger partial charge >= 0.3 is 0 Å². The molecule has 0 fully saturated rings. The fourth-order valence-corrected chi connectivity index (χ4v) is 2.16. The summed E-state index contributed by atoms with van der Waals surface area (Å²) in [6, 6.07) is 3.68. The minimum atomic E-state index is 0.507. The van der Waals surface area contributed by atoms with Gasteiger partial charge in [0.25, 0.3) is 0 Å². The Labute approximate surface area is 110 Å². The second kappa shape index (κ2) is 4.38. The molecule has 1 aliphatic heterocycles.